The first-order chi connectivity index (χ1) is 14.1. The third-order valence-corrected chi connectivity index (χ3v) is 5.29. The maximum atomic E-state index is 13.1. The summed E-state index contributed by atoms with van der Waals surface area (Å²) in [5, 5.41) is 11.8. The van der Waals surface area contributed by atoms with E-state index in [-0.39, 0.29) is 5.82 Å². The summed E-state index contributed by atoms with van der Waals surface area (Å²) < 4.78 is 13.1. The Bertz CT molecular complexity index is 967. The van der Waals surface area contributed by atoms with E-state index in [0.29, 0.717) is 11.8 Å². The van der Waals surface area contributed by atoms with Gasteiger partial charge >= 0.3 is 0 Å². The number of aromatic nitrogens is 3. The minimum atomic E-state index is -0.212. The van der Waals surface area contributed by atoms with Crippen LogP contribution in [0.1, 0.15) is 18.1 Å². The van der Waals surface area contributed by atoms with Gasteiger partial charge in [0.1, 0.15) is 5.82 Å². The average Bonchev–Trinajstić information content (AvgIpc) is 2.76. The molecule has 0 aliphatic carbocycles. The van der Waals surface area contributed by atoms with Gasteiger partial charge in [0.15, 0.2) is 5.82 Å². The molecule has 2 aromatic carbocycles. The molecule has 150 valence electrons. The van der Waals surface area contributed by atoms with E-state index in [9.17, 15) is 4.39 Å². The van der Waals surface area contributed by atoms with Crippen molar-refractivity contribution in [3.05, 3.63) is 65.6 Å². The predicted octanol–water partition coefficient (Wildman–Crippen LogP) is 3.95. The van der Waals surface area contributed by atoms with Gasteiger partial charge in [-0.3, -0.25) is 0 Å². The van der Waals surface area contributed by atoms with Crippen LogP contribution in [0.2, 0.25) is 0 Å². The van der Waals surface area contributed by atoms with Crippen LogP contribution in [0.5, 0.6) is 0 Å². The zero-order chi connectivity index (χ0) is 20.2. The van der Waals surface area contributed by atoms with Crippen LogP contribution in [-0.2, 0) is 6.42 Å². The number of hydrogen-bond donors (Lipinski definition) is 1. The quantitative estimate of drug-likeness (QED) is 0.710. The summed E-state index contributed by atoms with van der Waals surface area (Å²) in [5.74, 6) is 1.11. The molecule has 0 saturated carbocycles. The fraction of sp³-hybridized carbons (Fsp3) is 0.318. The SMILES string of the molecule is CCc1cccc(C)c1Nc1cnnc(N2CCN(c3ccc(F)cc3)CC2)n1. The first-order valence-corrected chi connectivity index (χ1v) is 9.94. The molecule has 1 aliphatic heterocycles. The van der Waals surface area contributed by atoms with E-state index in [2.05, 4.69) is 57.4 Å². The summed E-state index contributed by atoms with van der Waals surface area (Å²) in [6, 6.07) is 12.9. The van der Waals surface area contributed by atoms with Gasteiger partial charge in [0.25, 0.3) is 0 Å². The van der Waals surface area contributed by atoms with Gasteiger partial charge in [-0.1, -0.05) is 25.1 Å². The van der Waals surface area contributed by atoms with E-state index in [0.717, 1.165) is 44.0 Å². The van der Waals surface area contributed by atoms with Crippen molar-refractivity contribution in [1.29, 1.82) is 0 Å². The lowest BCUT2D eigenvalue weighted by atomic mass is 10.1. The van der Waals surface area contributed by atoms with Gasteiger partial charge < -0.3 is 15.1 Å². The van der Waals surface area contributed by atoms with E-state index in [4.69, 9.17) is 4.98 Å². The Hall–Kier alpha value is -3.22. The normalized spacial score (nSPS) is 14.2. The minimum Gasteiger partial charge on any atom is -0.368 e. The topological polar surface area (TPSA) is 57.2 Å². The Labute approximate surface area is 170 Å². The van der Waals surface area contributed by atoms with Crippen molar-refractivity contribution >= 4 is 23.1 Å². The van der Waals surface area contributed by atoms with E-state index in [1.54, 1.807) is 6.20 Å². The molecule has 1 N–H and O–H groups in total. The van der Waals surface area contributed by atoms with Crippen LogP contribution in [0.4, 0.5) is 27.5 Å². The largest absolute Gasteiger partial charge is 0.368 e. The number of nitrogens with one attached hydrogen (secondary N) is 1. The van der Waals surface area contributed by atoms with Crippen molar-refractivity contribution in [3.63, 3.8) is 0 Å². The Kier molecular flexibility index (Phi) is 5.55. The summed E-state index contributed by atoms with van der Waals surface area (Å²) in [7, 11) is 0. The zero-order valence-corrected chi connectivity index (χ0v) is 16.8. The highest BCUT2D eigenvalue weighted by molar-refractivity contribution is 5.65. The lowest BCUT2D eigenvalue weighted by molar-refractivity contribution is 0.622. The van der Waals surface area contributed by atoms with E-state index >= 15 is 0 Å². The maximum Gasteiger partial charge on any atom is 0.247 e. The van der Waals surface area contributed by atoms with Crippen LogP contribution in [0, 0.1) is 12.7 Å². The van der Waals surface area contributed by atoms with Gasteiger partial charge in [0, 0.05) is 37.6 Å². The second-order valence-corrected chi connectivity index (χ2v) is 7.18. The van der Waals surface area contributed by atoms with Gasteiger partial charge in [-0.05, 0) is 48.7 Å². The summed E-state index contributed by atoms with van der Waals surface area (Å²) in [4.78, 5) is 9.07. The number of nitrogens with zero attached hydrogens (tertiary/aromatic N) is 5. The lowest BCUT2D eigenvalue weighted by Crippen LogP contribution is -2.47. The van der Waals surface area contributed by atoms with Crippen molar-refractivity contribution in [3.8, 4) is 0 Å². The first-order valence-electron chi connectivity index (χ1n) is 9.94. The fourth-order valence-electron chi connectivity index (χ4n) is 3.63. The molecule has 6 nitrogen and oxygen atoms in total. The molecule has 7 heteroatoms. The molecule has 0 spiro atoms. The van der Waals surface area contributed by atoms with Gasteiger partial charge in [-0.25, -0.2) is 4.39 Å². The van der Waals surface area contributed by atoms with E-state index < -0.39 is 0 Å². The molecule has 2 heterocycles. The Balaban J connectivity index is 1.45. The van der Waals surface area contributed by atoms with Crippen molar-refractivity contribution in [2.24, 2.45) is 0 Å². The van der Waals surface area contributed by atoms with Crippen LogP contribution < -0.4 is 15.1 Å². The van der Waals surface area contributed by atoms with Crippen molar-refractivity contribution in [2.75, 3.05) is 41.3 Å². The summed E-state index contributed by atoms with van der Waals surface area (Å²) in [6.45, 7) is 7.45. The van der Waals surface area contributed by atoms with Gasteiger partial charge in [-0.2, -0.15) is 10.1 Å². The zero-order valence-electron chi connectivity index (χ0n) is 16.8. The molecule has 0 atom stereocenters. The Morgan fingerprint density at radius 2 is 1.72 bits per heavy atom. The Morgan fingerprint density at radius 1 is 1.00 bits per heavy atom. The second-order valence-electron chi connectivity index (χ2n) is 7.18. The van der Waals surface area contributed by atoms with Crippen LogP contribution in [0.15, 0.2) is 48.7 Å². The van der Waals surface area contributed by atoms with Gasteiger partial charge in [-0.15, -0.1) is 5.10 Å². The van der Waals surface area contributed by atoms with Gasteiger partial charge in [0.2, 0.25) is 5.95 Å². The summed E-state index contributed by atoms with van der Waals surface area (Å²) >= 11 is 0. The monoisotopic (exact) mass is 392 g/mol. The van der Waals surface area contributed by atoms with Crippen molar-refractivity contribution in [1.82, 2.24) is 15.2 Å². The summed E-state index contributed by atoms with van der Waals surface area (Å²) in [6.07, 6.45) is 2.60. The van der Waals surface area contributed by atoms with E-state index in [1.165, 1.54) is 23.3 Å². The average molecular weight is 392 g/mol. The first kappa shape index (κ1) is 19.1. The number of hydrogen-bond acceptors (Lipinski definition) is 6. The molecule has 0 bridgehead atoms. The molecule has 0 radical (unpaired) electrons. The van der Waals surface area contributed by atoms with Gasteiger partial charge in [0.05, 0.1) is 6.20 Å². The molecule has 1 fully saturated rings. The fourth-order valence-corrected chi connectivity index (χ4v) is 3.63. The molecule has 1 saturated heterocycles. The molecule has 1 aliphatic rings. The number of halogens is 1. The van der Waals surface area contributed by atoms with Crippen LogP contribution in [0.25, 0.3) is 0 Å². The highest BCUT2D eigenvalue weighted by atomic mass is 19.1. The molecule has 3 aromatic rings. The van der Waals surface area contributed by atoms with E-state index in [1.807, 2.05) is 12.1 Å². The number of aryl methyl sites for hydroxylation is 2. The number of piperazine rings is 1. The highest BCUT2D eigenvalue weighted by Gasteiger charge is 2.20. The lowest BCUT2D eigenvalue weighted by Gasteiger charge is -2.35. The number of benzene rings is 2. The second kappa shape index (κ2) is 8.43. The van der Waals surface area contributed by atoms with Crippen LogP contribution in [-0.4, -0.2) is 41.4 Å². The number of anilines is 4. The molecule has 4 rings (SSSR count). The molecule has 0 amide bonds. The molecular weight excluding hydrogens is 367 g/mol. The summed E-state index contributed by atoms with van der Waals surface area (Å²) in [5.41, 5.74) is 4.55. The molecule has 0 unspecified atom stereocenters. The highest BCUT2D eigenvalue weighted by Crippen LogP contribution is 2.25. The number of para-hydroxylation sites is 1. The predicted molar refractivity (Wildman–Crippen MR) is 114 cm³/mol. The van der Waals surface area contributed by atoms with Crippen molar-refractivity contribution < 1.29 is 4.39 Å². The minimum absolute atomic E-state index is 0.212. The third kappa shape index (κ3) is 4.29. The smallest absolute Gasteiger partial charge is 0.247 e. The van der Waals surface area contributed by atoms with Crippen LogP contribution >= 0.6 is 0 Å². The van der Waals surface area contributed by atoms with Crippen molar-refractivity contribution in [2.45, 2.75) is 20.3 Å². The molecular formula is C22H25FN6. The molecule has 1 aromatic heterocycles. The Morgan fingerprint density at radius 3 is 2.45 bits per heavy atom. The standard InChI is InChI=1S/C22H25FN6/c1-3-17-6-4-5-16(2)21(17)25-20-15-24-27-22(26-20)29-13-11-28(12-14-29)19-9-7-18(23)8-10-19/h4-10,15H,3,11-14H2,1-2H3,(H,25,26,27). The van der Waals surface area contributed by atoms with Crippen LogP contribution in [0.3, 0.4) is 0 Å². The maximum absolute atomic E-state index is 13.1. The molecule has 29 heavy (non-hydrogen) atoms. The third-order valence-electron chi connectivity index (χ3n) is 5.29. The number of rotatable bonds is 5.